The van der Waals surface area contributed by atoms with Crippen LogP contribution < -0.4 is 5.73 Å². The van der Waals surface area contributed by atoms with E-state index in [9.17, 15) is 0 Å². The van der Waals surface area contributed by atoms with Gasteiger partial charge in [0.15, 0.2) is 0 Å². The molecule has 0 fully saturated rings. The number of nitrogens with zero attached hydrogens (tertiary/aromatic N) is 3. The molecule has 72 valence electrons. The van der Waals surface area contributed by atoms with Crippen LogP contribution in [0.5, 0.6) is 0 Å². The summed E-state index contributed by atoms with van der Waals surface area (Å²) in [5, 5.41) is 14.6. The van der Waals surface area contributed by atoms with Crippen molar-refractivity contribution in [3.05, 3.63) is 23.5 Å². The van der Waals surface area contributed by atoms with Gasteiger partial charge in [-0.25, -0.2) is 0 Å². The van der Waals surface area contributed by atoms with Gasteiger partial charge in [-0.05, 0) is 19.9 Å². The first-order chi connectivity index (χ1) is 6.70. The molecule has 2 aromatic rings. The van der Waals surface area contributed by atoms with Crippen molar-refractivity contribution in [3.63, 3.8) is 0 Å². The van der Waals surface area contributed by atoms with Gasteiger partial charge in [-0.1, -0.05) is 0 Å². The standard InChI is InChI=1S/C9H11N5/c1-5-8(13-14-9(5)10)7-3-4-11-12-6(7)2/h3-4H,1-2H3,(H3,10,13,14). The van der Waals surface area contributed by atoms with Crippen LogP contribution in [0.25, 0.3) is 11.3 Å². The van der Waals surface area contributed by atoms with Gasteiger partial charge in [0.1, 0.15) is 5.82 Å². The van der Waals surface area contributed by atoms with E-state index in [1.807, 2.05) is 19.9 Å². The lowest BCUT2D eigenvalue weighted by Crippen LogP contribution is -1.91. The Hall–Kier alpha value is -1.91. The van der Waals surface area contributed by atoms with E-state index in [4.69, 9.17) is 5.73 Å². The first-order valence-corrected chi connectivity index (χ1v) is 4.29. The third kappa shape index (κ3) is 1.22. The quantitative estimate of drug-likeness (QED) is 0.703. The largest absolute Gasteiger partial charge is 0.382 e. The second-order valence-electron chi connectivity index (χ2n) is 3.14. The van der Waals surface area contributed by atoms with Gasteiger partial charge < -0.3 is 5.73 Å². The molecule has 0 amide bonds. The fourth-order valence-corrected chi connectivity index (χ4v) is 1.34. The Kier molecular flexibility index (Phi) is 1.92. The van der Waals surface area contributed by atoms with E-state index in [2.05, 4.69) is 20.4 Å². The molecule has 0 aromatic carbocycles. The van der Waals surface area contributed by atoms with Gasteiger partial charge in [0.2, 0.25) is 0 Å². The van der Waals surface area contributed by atoms with Gasteiger partial charge in [0.25, 0.3) is 0 Å². The number of H-pyrrole nitrogens is 1. The molecule has 3 N–H and O–H groups in total. The number of nitrogens with two attached hydrogens (primary N) is 1. The zero-order chi connectivity index (χ0) is 10.1. The first-order valence-electron chi connectivity index (χ1n) is 4.29. The molecule has 0 aliphatic carbocycles. The fraction of sp³-hybridized carbons (Fsp3) is 0.222. The van der Waals surface area contributed by atoms with E-state index < -0.39 is 0 Å². The second-order valence-corrected chi connectivity index (χ2v) is 3.14. The fourth-order valence-electron chi connectivity index (χ4n) is 1.34. The molecule has 14 heavy (non-hydrogen) atoms. The molecule has 0 spiro atoms. The van der Waals surface area contributed by atoms with Crippen LogP contribution in [0.1, 0.15) is 11.3 Å². The Labute approximate surface area is 81.4 Å². The van der Waals surface area contributed by atoms with Crippen molar-refractivity contribution < 1.29 is 0 Å². The molecule has 2 heterocycles. The summed E-state index contributed by atoms with van der Waals surface area (Å²) < 4.78 is 0. The molecule has 0 saturated heterocycles. The normalized spacial score (nSPS) is 10.4. The Morgan fingerprint density at radius 3 is 2.71 bits per heavy atom. The van der Waals surface area contributed by atoms with E-state index in [1.54, 1.807) is 6.20 Å². The number of rotatable bonds is 1. The van der Waals surface area contributed by atoms with Gasteiger partial charge in [-0.3, -0.25) is 5.10 Å². The molecular weight excluding hydrogens is 178 g/mol. The summed E-state index contributed by atoms with van der Waals surface area (Å²) >= 11 is 0. The van der Waals surface area contributed by atoms with Crippen molar-refractivity contribution >= 4 is 5.82 Å². The van der Waals surface area contributed by atoms with Gasteiger partial charge in [0, 0.05) is 11.1 Å². The maximum absolute atomic E-state index is 5.65. The van der Waals surface area contributed by atoms with Crippen molar-refractivity contribution in [2.75, 3.05) is 5.73 Å². The maximum Gasteiger partial charge on any atom is 0.148 e. The predicted octanol–water partition coefficient (Wildman–Crippen LogP) is 1.07. The van der Waals surface area contributed by atoms with Crippen LogP contribution in [-0.2, 0) is 0 Å². The lowest BCUT2D eigenvalue weighted by atomic mass is 10.1. The Balaban J connectivity index is 2.60. The molecule has 0 radical (unpaired) electrons. The third-order valence-corrected chi connectivity index (χ3v) is 2.22. The summed E-state index contributed by atoms with van der Waals surface area (Å²) in [5.74, 6) is 0.524. The topological polar surface area (TPSA) is 80.5 Å². The number of hydrogen-bond acceptors (Lipinski definition) is 4. The molecule has 2 aromatic heterocycles. The van der Waals surface area contributed by atoms with Crippen molar-refractivity contribution in [1.29, 1.82) is 0 Å². The van der Waals surface area contributed by atoms with Crippen LogP contribution in [0.15, 0.2) is 12.3 Å². The highest BCUT2D eigenvalue weighted by Gasteiger charge is 2.10. The van der Waals surface area contributed by atoms with Crippen LogP contribution in [0.2, 0.25) is 0 Å². The third-order valence-electron chi connectivity index (χ3n) is 2.22. The summed E-state index contributed by atoms with van der Waals surface area (Å²) in [5.41, 5.74) is 9.36. The number of nitrogens with one attached hydrogen (secondary N) is 1. The van der Waals surface area contributed by atoms with Crippen molar-refractivity contribution in [2.45, 2.75) is 13.8 Å². The van der Waals surface area contributed by atoms with Crippen LogP contribution in [0, 0.1) is 13.8 Å². The SMILES string of the molecule is Cc1nnccc1-c1[nH]nc(N)c1C. The highest BCUT2D eigenvalue weighted by molar-refractivity contribution is 5.68. The molecule has 5 nitrogen and oxygen atoms in total. The summed E-state index contributed by atoms with van der Waals surface area (Å²) in [6.07, 6.45) is 1.65. The number of aromatic nitrogens is 4. The van der Waals surface area contributed by atoms with E-state index in [-0.39, 0.29) is 0 Å². The summed E-state index contributed by atoms with van der Waals surface area (Å²) in [7, 11) is 0. The first kappa shape index (κ1) is 8.68. The lowest BCUT2D eigenvalue weighted by Gasteiger charge is -2.01. The number of aromatic amines is 1. The molecule has 0 aliphatic rings. The molecule has 0 unspecified atom stereocenters. The van der Waals surface area contributed by atoms with Gasteiger partial charge in [-0.15, -0.1) is 0 Å². The van der Waals surface area contributed by atoms with E-state index >= 15 is 0 Å². The van der Waals surface area contributed by atoms with Crippen molar-refractivity contribution in [1.82, 2.24) is 20.4 Å². The average Bonchev–Trinajstić information content (AvgIpc) is 2.49. The summed E-state index contributed by atoms with van der Waals surface area (Å²) in [6.45, 7) is 3.83. The minimum absolute atomic E-state index is 0.524. The zero-order valence-corrected chi connectivity index (χ0v) is 8.07. The number of nitrogen functional groups attached to an aromatic ring is 1. The van der Waals surface area contributed by atoms with Crippen molar-refractivity contribution in [2.24, 2.45) is 0 Å². The zero-order valence-electron chi connectivity index (χ0n) is 8.07. The van der Waals surface area contributed by atoms with Crippen molar-refractivity contribution in [3.8, 4) is 11.3 Å². The van der Waals surface area contributed by atoms with Crippen LogP contribution in [-0.4, -0.2) is 20.4 Å². The predicted molar refractivity (Wildman–Crippen MR) is 53.5 cm³/mol. The molecule has 0 bridgehead atoms. The lowest BCUT2D eigenvalue weighted by molar-refractivity contribution is 0.977. The highest BCUT2D eigenvalue weighted by atomic mass is 15.2. The molecule has 0 aliphatic heterocycles. The van der Waals surface area contributed by atoms with E-state index in [0.717, 1.165) is 22.5 Å². The number of hydrogen-bond donors (Lipinski definition) is 2. The minimum atomic E-state index is 0.524. The Bertz CT molecular complexity index is 460. The Morgan fingerprint density at radius 2 is 2.14 bits per heavy atom. The molecular formula is C9H11N5. The van der Waals surface area contributed by atoms with Crippen LogP contribution in [0.3, 0.4) is 0 Å². The van der Waals surface area contributed by atoms with E-state index in [0.29, 0.717) is 5.82 Å². The van der Waals surface area contributed by atoms with Gasteiger partial charge in [-0.2, -0.15) is 15.3 Å². The minimum Gasteiger partial charge on any atom is -0.382 e. The smallest absolute Gasteiger partial charge is 0.148 e. The van der Waals surface area contributed by atoms with Gasteiger partial charge in [0.05, 0.1) is 17.6 Å². The van der Waals surface area contributed by atoms with Crippen LogP contribution >= 0.6 is 0 Å². The van der Waals surface area contributed by atoms with Gasteiger partial charge >= 0.3 is 0 Å². The molecule has 2 rings (SSSR count). The Morgan fingerprint density at radius 1 is 1.36 bits per heavy atom. The monoisotopic (exact) mass is 189 g/mol. The molecule has 5 heteroatoms. The molecule has 0 saturated carbocycles. The molecule has 0 atom stereocenters. The number of anilines is 1. The highest BCUT2D eigenvalue weighted by Crippen LogP contribution is 2.25. The van der Waals surface area contributed by atoms with Crippen LogP contribution in [0.4, 0.5) is 5.82 Å². The maximum atomic E-state index is 5.65. The second kappa shape index (κ2) is 3.10. The summed E-state index contributed by atoms with van der Waals surface area (Å²) in [4.78, 5) is 0. The summed E-state index contributed by atoms with van der Waals surface area (Å²) in [6, 6.07) is 1.89. The average molecular weight is 189 g/mol. The number of aryl methyl sites for hydroxylation is 1. The van der Waals surface area contributed by atoms with E-state index in [1.165, 1.54) is 0 Å².